The van der Waals surface area contributed by atoms with Gasteiger partial charge in [0.25, 0.3) is 5.91 Å². The Balaban J connectivity index is 1.39. The molecule has 35 heavy (non-hydrogen) atoms. The highest BCUT2D eigenvalue weighted by Crippen LogP contribution is 2.35. The summed E-state index contributed by atoms with van der Waals surface area (Å²) in [6, 6.07) is 4.91. The molecule has 2 fully saturated rings. The molecule has 1 aliphatic heterocycles. The van der Waals surface area contributed by atoms with Crippen molar-refractivity contribution < 1.29 is 9.59 Å². The minimum atomic E-state index is -0.895. The van der Waals surface area contributed by atoms with Gasteiger partial charge in [-0.25, -0.2) is 0 Å². The first-order valence-electron chi connectivity index (χ1n) is 13.9. The average Bonchev–Trinajstić information content (AvgIpc) is 3.43. The maximum Gasteiger partial charge on any atom is 0.271 e. The Morgan fingerprint density at radius 1 is 1.09 bits per heavy atom. The Kier molecular flexibility index (Phi) is 7.54. The maximum atomic E-state index is 14.0. The first-order chi connectivity index (χ1) is 17.0. The topological polar surface area (TPSA) is 57.6 Å². The normalized spacial score (nSPS) is 25.0. The highest BCUT2D eigenvalue weighted by atomic mass is 32.1. The van der Waals surface area contributed by atoms with Gasteiger partial charge in [0.2, 0.25) is 5.91 Å². The van der Waals surface area contributed by atoms with Gasteiger partial charge < -0.3 is 19.7 Å². The Morgan fingerprint density at radius 2 is 1.74 bits per heavy atom. The molecule has 0 aromatic carbocycles. The number of nitrogens with zero attached hydrogens (tertiary/aromatic N) is 3. The van der Waals surface area contributed by atoms with Crippen molar-refractivity contribution in [2.75, 3.05) is 20.1 Å². The van der Waals surface area contributed by atoms with Gasteiger partial charge in [-0.2, -0.15) is 0 Å². The molecule has 192 valence electrons. The zero-order chi connectivity index (χ0) is 24.4. The average molecular weight is 499 g/mol. The quantitative estimate of drug-likeness (QED) is 0.579. The minimum absolute atomic E-state index is 0.00740. The second kappa shape index (κ2) is 10.6. The fourth-order valence-electron chi connectivity index (χ4n) is 6.53. The van der Waals surface area contributed by atoms with Crippen LogP contribution in [-0.4, -0.2) is 63.9 Å². The molecule has 2 aromatic heterocycles. The molecule has 3 aliphatic rings. The van der Waals surface area contributed by atoms with Crippen LogP contribution >= 0.6 is 11.3 Å². The predicted octanol–water partition coefficient (Wildman–Crippen LogP) is 5.41. The van der Waals surface area contributed by atoms with Gasteiger partial charge >= 0.3 is 0 Å². The van der Waals surface area contributed by atoms with Crippen LogP contribution in [0.2, 0.25) is 0 Å². The third-order valence-corrected chi connectivity index (χ3v) is 9.71. The number of thiophene rings is 1. The summed E-state index contributed by atoms with van der Waals surface area (Å²) in [5.74, 6) is 0.00600. The summed E-state index contributed by atoms with van der Waals surface area (Å²) in [5.41, 5.74) is 0.902. The zero-order valence-electron chi connectivity index (χ0n) is 21.6. The van der Waals surface area contributed by atoms with E-state index in [1.807, 2.05) is 17.9 Å². The van der Waals surface area contributed by atoms with Crippen LogP contribution in [0.4, 0.5) is 0 Å². The number of rotatable bonds is 6. The van der Waals surface area contributed by atoms with Gasteiger partial charge in [0, 0.05) is 25.2 Å². The van der Waals surface area contributed by atoms with Gasteiger partial charge in [0.15, 0.2) is 0 Å². The summed E-state index contributed by atoms with van der Waals surface area (Å²) >= 11 is 1.66. The van der Waals surface area contributed by atoms with Gasteiger partial charge in [-0.05, 0) is 57.2 Å². The number of nitrogens with one attached hydrogen (secondary N) is 1. The Morgan fingerprint density at radius 3 is 2.49 bits per heavy atom. The summed E-state index contributed by atoms with van der Waals surface area (Å²) in [6.45, 7) is 3.89. The van der Waals surface area contributed by atoms with E-state index in [0.29, 0.717) is 19.1 Å². The fraction of sp³-hybridized carbons (Fsp3) is 0.714. The summed E-state index contributed by atoms with van der Waals surface area (Å²) in [6.07, 6.45) is 14.7. The van der Waals surface area contributed by atoms with E-state index < -0.39 is 5.54 Å². The Hall–Kier alpha value is -1.86. The molecular formula is C28H42N4O2S. The predicted molar refractivity (Wildman–Crippen MR) is 143 cm³/mol. The maximum absolute atomic E-state index is 14.0. The monoisotopic (exact) mass is 498 g/mol. The van der Waals surface area contributed by atoms with E-state index in [9.17, 15) is 9.59 Å². The molecular weight excluding hydrogens is 456 g/mol. The second-order valence-electron chi connectivity index (χ2n) is 11.3. The lowest BCUT2D eigenvalue weighted by atomic mass is 9.91. The van der Waals surface area contributed by atoms with E-state index in [1.54, 1.807) is 11.3 Å². The SMILES string of the molecule is CN(CCN1C(=O)c2cc3sccc3n2CC1(C)C(=O)NC1CCCCCCC1)C1CCCCC1. The largest absolute Gasteiger partial charge is 0.351 e. The van der Waals surface area contributed by atoms with Crippen molar-refractivity contribution >= 4 is 33.4 Å². The fourth-order valence-corrected chi connectivity index (χ4v) is 7.35. The Labute approximate surface area is 214 Å². The van der Waals surface area contributed by atoms with E-state index in [0.717, 1.165) is 35.3 Å². The van der Waals surface area contributed by atoms with Crippen LogP contribution in [0.5, 0.6) is 0 Å². The zero-order valence-corrected chi connectivity index (χ0v) is 22.4. The van der Waals surface area contributed by atoms with Gasteiger partial charge in [0.1, 0.15) is 11.2 Å². The molecule has 2 amide bonds. The first kappa shape index (κ1) is 24.8. The molecule has 2 saturated carbocycles. The smallest absolute Gasteiger partial charge is 0.271 e. The van der Waals surface area contributed by atoms with Crippen molar-refractivity contribution in [3.05, 3.63) is 23.2 Å². The molecule has 0 radical (unpaired) electrons. The molecule has 6 nitrogen and oxygen atoms in total. The second-order valence-corrected chi connectivity index (χ2v) is 12.3. The number of hydrogen-bond acceptors (Lipinski definition) is 4. The number of carbonyl (C=O) groups excluding carboxylic acids is 2. The van der Waals surface area contributed by atoms with E-state index in [2.05, 4.69) is 33.3 Å². The molecule has 1 unspecified atom stereocenters. The number of fused-ring (bicyclic) bond motifs is 3. The van der Waals surface area contributed by atoms with E-state index >= 15 is 0 Å². The number of carbonyl (C=O) groups is 2. The van der Waals surface area contributed by atoms with Crippen LogP contribution in [0, 0.1) is 0 Å². The molecule has 0 bridgehead atoms. The lowest BCUT2D eigenvalue weighted by Crippen LogP contribution is -2.65. The Bertz CT molecular complexity index is 1030. The summed E-state index contributed by atoms with van der Waals surface area (Å²) < 4.78 is 3.21. The molecule has 7 heteroatoms. The summed E-state index contributed by atoms with van der Waals surface area (Å²) in [7, 11) is 2.19. The van der Waals surface area contributed by atoms with E-state index in [4.69, 9.17) is 0 Å². The van der Waals surface area contributed by atoms with Gasteiger partial charge in [0.05, 0.1) is 16.8 Å². The molecule has 2 aliphatic carbocycles. The third-order valence-electron chi connectivity index (χ3n) is 8.85. The van der Waals surface area contributed by atoms with Gasteiger partial charge in [-0.15, -0.1) is 11.3 Å². The lowest BCUT2D eigenvalue weighted by Gasteiger charge is -2.45. The third kappa shape index (κ3) is 5.04. The van der Waals surface area contributed by atoms with Gasteiger partial charge in [-0.3, -0.25) is 9.59 Å². The van der Waals surface area contributed by atoms with E-state index in [1.165, 1.54) is 64.2 Å². The molecule has 3 heterocycles. The van der Waals surface area contributed by atoms with Crippen molar-refractivity contribution in [2.24, 2.45) is 0 Å². The lowest BCUT2D eigenvalue weighted by molar-refractivity contribution is -0.133. The summed E-state index contributed by atoms with van der Waals surface area (Å²) in [5, 5.41) is 5.48. The minimum Gasteiger partial charge on any atom is -0.351 e. The van der Waals surface area contributed by atoms with Crippen LogP contribution < -0.4 is 5.32 Å². The number of aromatic nitrogens is 1. The molecule has 0 spiro atoms. The van der Waals surface area contributed by atoms with Crippen LogP contribution in [0.1, 0.15) is 94.5 Å². The standard InChI is InChI=1S/C28H42N4O2S/c1-28(27(34)29-21-11-7-4-3-5-8-12-21)20-31-23-15-18-35-25(23)19-24(31)26(33)32(28)17-16-30(2)22-13-9-6-10-14-22/h15,18-19,21-22H,3-14,16-17,20H2,1-2H3,(H,29,34). The van der Waals surface area contributed by atoms with Crippen LogP contribution in [0.15, 0.2) is 17.5 Å². The van der Waals surface area contributed by atoms with Crippen LogP contribution in [0.3, 0.4) is 0 Å². The van der Waals surface area contributed by atoms with E-state index in [-0.39, 0.29) is 17.9 Å². The van der Waals surface area contributed by atoms with Crippen LogP contribution in [0.25, 0.3) is 10.2 Å². The molecule has 1 atom stereocenters. The van der Waals surface area contributed by atoms with Gasteiger partial charge in [-0.1, -0.05) is 51.4 Å². The first-order valence-corrected chi connectivity index (χ1v) is 14.8. The molecule has 5 rings (SSSR count). The van der Waals surface area contributed by atoms with Crippen molar-refractivity contribution in [2.45, 2.75) is 108 Å². The van der Waals surface area contributed by atoms with Crippen molar-refractivity contribution in [3.8, 4) is 0 Å². The molecule has 0 saturated heterocycles. The van der Waals surface area contributed by atoms with Crippen molar-refractivity contribution in [3.63, 3.8) is 0 Å². The number of likely N-dealkylation sites (N-methyl/N-ethyl adjacent to an activating group) is 1. The summed E-state index contributed by atoms with van der Waals surface area (Å²) in [4.78, 5) is 32.2. The highest BCUT2D eigenvalue weighted by Gasteiger charge is 2.48. The van der Waals surface area contributed by atoms with Crippen molar-refractivity contribution in [1.29, 1.82) is 0 Å². The number of hydrogen-bond donors (Lipinski definition) is 1. The highest BCUT2D eigenvalue weighted by molar-refractivity contribution is 7.17. The van der Waals surface area contributed by atoms with Crippen molar-refractivity contribution in [1.82, 2.24) is 19.7 Å². The number of amides is 2. The van der Waals surface area contributed by atoms with Crippen LogP contribution in [-0.2, 0) is 11.3 Å². The molecule has 1 N–H and O–H groups in total. The molecule has 2 aromatic rings.